The van der Waals surface area contributed by atoms with Crippen LogP contribution < -0.4 is 5.32 Å². The highest BCUT2D eigenvalue weighted by Crippen LogP contribution is 2.25. The third-order valence-electron chi connectivity index (χ3n) is 5.15. The number of carbonyl (C=O) groups is 1. The van der Waals surface area contributed by atoms with Crippen molar-refractivity contribution in [2.24, 2.45) is 5.92 Å². The molecule has 2 aliphatic heterocycles. The number of rotatable bonds is 4. The van der Waals surface area contributed by atoms with E-state index < -0.39 is 9.84 Å². The lowest BCUT2D eigenvalue weighted by Crippen LogP contribution is -2.56. The minimum absolute atomic E-state index is 0.0601. The third-order valence-corrected chi connectivity index (χ3v) is 6.94. The van der Waals surface area contributed by atoms with Gasteiger partial charge in [0.2, 0.25) is 0 Å². The number of carbonyl (C=O) groups excluding carboxylic acids is 1. The molecule has 0 aromatic rings. The summed E-state index contributed by atoms with van der Waals surface area (Å²) in [5.74, 6) is 0.660. The fourth-order valence-electron chi connectivity index (χ4n) is 3.66. The average molecular weight is 346 g/mol. The van der Waals surface area contributed by atoms with Crippen LogP contribution in [0.4, 0.5) is 4.79 Å². The Labute approximate surface area is 139 Å². The molecular formula is C16H30N2O4S. The molecule has 1 N–H and O–H groups in total. The van der Waals surface area contributed by atoms with Crippen molar-refractivity contribution in [1.29, 1.82) is 0 Å². The summed E-state index contributed by atoms with van der Waals surface area (Å²) in [6.07, 6.45) is 4.05. The van der Waals surface area contributed by atoms with Crippen molar-refractivity contribution in [3.05, 3.63) is 0 Å². The Morgan fingerprint density at radius 2 is 2.04 bits per heavy atom. The molecule has 23 heavy (non-hydrogen) atoms. The Hall–Kier alpha value is -0.820. The molecule has 6 nitrogen and oxygen atoms in total. The number of hydrogen-bond acceptors (Lipinski definition) is 4. The van der Waals surface area contributed by atoms with Gasteiger partial charge in [0, 0.05) is 25.2 Å². The summed E-state index contributed by atoms with van der Waals surface area (Å²) in [5.41, 5.74) is 0. The Balaban J connectivity index is 1.90. The Morgan fingerprint density at radius 1 is 1.35 bits per heavy atom. The van der Waals surface area contributed by atoms with E-state index in [0.29, 0.717) is 12.5 Å². The molecule has 0 bridgehead atoms. The molecule has 2 aliphatic rings. The van der Waals surface area contributed by atoms with E-state index in [9.17, 15) is 13.2 Å². The zero-order chi connectivity index (χ0) is 17.0. The number of urea groups is 1. The molecule has 0 aromatic carbocycles. The number of nitrogens with zero attached hydrogens (tertiary/aromatic N) is 1. The molecule has 0 aliphatic carbocycles. The lowest BCUT2D eigenvalue weighted by molar-refractivity contribution is -0.0337. The van der Waals surface area contributed by atoms with Gasteiger partial charge in [-0.05, 0) is 25.7 Å². The van der Waals surface area contributed by atoms with E-state index in [-0.39, 0.29) is 42.3 Å². The van der Waals surface area contributed by atoms with E-state index in [1.807, 2.05) is 0 Å². The number of ether oxygens (including phenoxy) is 1. The summed E-state index contributed by atoms with van der Waals surface area (Å²) in [5, 5.41) is 3.09. The number of amides is 2. The molecule has 7 heteroatoms. The van der Waals surface area contributed by atoms with E-state index in [1.165, 1.54) is 0 Å². The van der Waals surface area contributed by atoms with Crippen molar-refractivity contribution in [1.82, 2.24) is 10.2 Å². The zero-order valence-corrected chi connectivity index (χ0v) is 15.3. The maximum absolute atomic E-state index is 12.5. The predicted molar refractivity (Wildman–Crippen MR) is 90.2 cm³/mol. The van der Waals surface area contributed by atoms with Crippen molar-refractivity contribution in [3.63, 3.8) is 0 Å². The lowest BCUT2D eigenvalue weighted by atomic mass is 9.89. The second kappa shape index (κ2) is 7.83. The molecule has 2 fully saturated rings. The van der Waals surface area contributed by atoms with Gasteiger partial charge in [-0.25, -0.2) is 13.2 Å². The first kappa shape index (κ1) is 18.5. The molecule has 2 rings (SSSR count). The van der Waals surface area contributed by atoms with Crippen molar-refractivity contribution in [2.45, 2.75) is 64.6 Å². The Morgan fingerprint density at radius 3 is 2.65 bits per heavy atom. The monoisotopic (exact) mass is 346 g/mol. The van der Waals surface area contributed by atoms with Gasteiger partial charge < -0.3 is 15.0 Å². The van der Waals surface area contributed by atoms with Crippen LogP contribution in [0.2, 0.25) is 0 Å². The number of hydrogen-bond donors (Lipinski definition) is 1. The second-order valence-corrected chi connectivity index (χ2v) is 9.04. The summed E-state index contributed by atoms with van der Waals surface area (Å²) in [6.45, 7) is 7.11. The molecule has 2 heterocycles. The molecule has 0 radical (unpaired) electrons. The largest absolute Gasteiger partial charge is 0.378 e. The second-order valence-electron chi connectivity index (χ2n) is 6.81. The minimum Gasteiger partial charge on any atom is -0.378 e. The fraction of sp³-hybridized carbons (Fsp3) is 0.938. The standard InChI is InChI=1S/C16H30N2O4S/c1-4-13(5-2)15-10-14(6-8-22-15)17-16(19)18-7-9-23(20,21)11-12(18)3/h12-15H,4-11H2,1-3H3,(H,17,19)/t12-,14-,15-/m0/s1. The first-order valence-corrected chi connectivity index (χ1v) is 10.6. The van der Waals surface area contributed by atoms with Crippen LogP contribution in [0, 0.1) is 5.92 Å². The van der Waals surface area contributed by atoms with Gasteiger partial charge >= 0.3 is 6.03 Å². The van der Waals surface area contributed by atoms with Gasteiger partial charge in [0.15, 0.2) is 9.84 Å². The van der Waals surface area contributed by atoms with E-state index in [4.69, 9.17) is 4.74 Å². The van der Waals surface area contributed by atoms with Gasteiger partial charge in [-0.1, -0.05) is 26.7 Å². The summed E-state index contributed by atoms with van der Waals surface area (Å²) in [4.78, 5) is 14.1. The minimum atomic E-state index is -3.00. The van der Waals surface area contributed by atoms with E-state index in [2.05, 4.69) is 19.2 Å². The molecule has 3 atom stereocenters. The summed E-state index contributed by atoms with van der Waals surface area (Å²) >= 11 is 0. The highest BCUT2D eigenvalue weighted by Gasteiger charge is 2.34. The first-order chi connectivity index (χ1) is 10.9. The maximum atomic E-state index is 12.5. The van der Waals surface area contributed by atoms with Crippen LogP contribution >= 0.6 is 0 Å². The van der Waals surface area contributed by atoms with Gasteiger partial charge in [-0.3, -0.25) is 0 Å². The SMILES string of the molecule is CCC(CC)[C@@H]1C[C@@H](NC(=O)N2CCS(=O)(=O)C[C@@H]2C)CCO1. The average Bonchev–Trinajstić information content (AvgIpc) is 2.47. The van der Waals surface area contributed by atoms with Crippen LogP contribution in [0.5, 0.6) is 0 Å². The zero-order valence-electron chi connectivity index (χ0n) is 14.5. The molecule has 0 saturated carbocycles. The van der Waals surface area contributed by atoms with Crippen LogP contribution in [0.3, 0.4) is 0 Å². The van der Waals surface area contributed by atoms with E-state index in [0.717, 1.165) is 25.7 Å². The van der Waals surface area contributed by atoms with Gasteiger partial charge in [0.1, 0.15) is 0 Å². The lowest BCUT2D eigenvalue weighted by Gasteiger charge is -2.37. The van der Waals surface area contributed by atoms with Crippen molar-refractivity contribution in [3.8, 4) is 0 Å². The van der Waals surface area contributed by atoms with Crippen molar-refractivity contribution < 1.29 is 17.9 Å². The Bertz CT molecular complexity index is 504. The quantitative estimate of drug-likeness (QED) is 0.842. The normalized spacial score (nSPS) is 31.1. The van der Waals surface area contributed by atoms with Gasteiger partial charge in [-0.2, -0.15) is 0 Å². The first-order valence-electron chi connectivity index (χ1n) is 8.75. The third kappa shape index (κ3) is 4.83. The highest BCUT2D eigenvalue weighted by atomic mass is 32.2. The van der Waals surface area contributed by atoms with Crippen LogP contribution in [-0.2, 0) is 14.6 Å². The molecule has 0 unspecified atom stereocenters. The van der Waals surface area contributed by atoms with E-state index in [1.54, 1.807) is 11.8 Å². The Kier molecular flexibility index (Phi) is 6.31. The van der Waals surface area contributed by atoms with Crippen LogP contribution in [0.1, 0.15) is 46.5 Å². The fourth-order valence-corrected chi connectivity index (χ4v) is 5.22. The van der Waals surface area contributed by atoms with Crippen LogP contribution in [-0.4, -0.2) is 62.2 Å². The summed E-state index contributed by atoms with van der Waals surface area (Å²) in [6, 6.07) is -0.279. The van der Waals surface area contributed by atoms with Crippen molar-refractivity contribution >= 4 is 15.9 Å². The summed E-state index contributed by atoms with van der Waals surface area (Å²) in [7, 11) is -3.00. The van der Waals surface area contributed by atoms with Gasteiger partial charge in [0.25, 0.3) is 0 Å². The highest BCUT2D eigenvalue weighted by molar-refractivity contribution is 7.91. The molecule has 134 valence electrons. The van der Waals surface area contributed by atoms with Crippen LogP contribution in [0.25, 0.3) is 0 Å². The van der Waals surface area contributed by atoms with Gasteiger partial charge in [0.05, 0.1) is 17.6 Å². The van der Waals surface area contributed by atoms with Crippen molar-refractivity contribution in [2.75, 3.05) is 24.7 Å². The molecule has 0 spiro atoms. The molecule has 2 amide bonds. The summed E-state index contributed by atoms with van der Waals surface area (Å²) < 4.78 is 29.1. The maximum Gasteiger partial charge on any atom is 0.317 e. The molecule has 0 aromatic heterocycles. The molecule has 2 saturated heterocycles. The smallest absolute Gasteiger partial charge is 0.317 e. The van der Waals surface area contributed by atoms with Crippen LogP contribution in [0.15, 0.2) is 0 Å². The van der Waals surface area contributed by atoms with E-state index >= 15 is 0 Å². The predicted octanol–water partition coefficient (Wildman–Crippen LogP) is 1.80. The van der Waals surface area contributed by atoms with Gasteiger partial charge in [-0.15, -0.1) is 0 Å². The number of nitrogens with one attached hydrogen (secondary N) is 1. The molecular weight excluding hydrogens is 316 g/mol. The number of sulfone groups is 1. The topological polar surface area (TPSA) is 75.7 Å².